The smallest absolute Gasteiger partial charge is 0.191 e. The van der Waals surface area contributed by atoms with Gasteiger partial charge in [-0.3, -0.25) is 4.57 Å². The van der Waals surface area contributed by atoms with Crippen molar-refractivity contribution in [3.8, 4) is 16.3 Å². The normalized spacial score (nSPS) is 10.9. The highest BCUT2D eigenvalue weighted by Gasteiger charge is 2.14. The number of rotatable bonds is 10. The Labute approximate surface area is 197 Å². The van der Waals surface area contributed by atoms with Crippen LogP contribution in [-0.2, 0) is 25.3 Å². The Balaban J connectivity index is 1.42. The topological polar surface area (TPSA) is 52.8 Å². The van der Waals surface area contributed by atoms with Crippen LogP contribution in [0.25, 0.3) is 10.6 Å². The first-order valence-electron chi connectivity index (χ1n) is 10.6. The largest absolute Gasteiger partial charge is 0.486 e. The van der Waals surface area contributed by atoms with E-state index < -0.39 is 0 Å². The standard InChI is InChI=1S/C25H26N4OS2/c1-4-14-29-23(15-30-21-12-10-19(5-2)11-13-21)27-28-25(29)32-17-20-16-31-24(26-20)22-9-7-6-8-18(22)3/h4,6-13,16H,1,5,14-15,17H2,2-3H3. The molecule has 0 aliphatic rings. The van der Waals surface area contributed by atoms with Crippen molar-refractivity contribution >= 4 is 23.1 Å². The number of thioether (sulfide) groups is 1. The molecular weight excluding hydrogens is 436 g/mol. The summed E-state index contributed by atoms with van der Waals surface area (Å²) in [5.41, 5.74) is 4.76. The van der Waals surface area contributed by atoms with Gasteiger partial charge in [0, 0.05) is 23.2 Å². The van der Waals surface area contributed by atoms with Crippen LogP contribution in [0.3, 0.4) is 0 Å². The molecule has 7 heteroatoms. The van der Waals surface area contributed by atoms with Gasteiger partial charge in [0.05, 0.1) is 5.69 Å². The van der Waals surface area contributed by atoms with Crippen LogP contribution in [0.5, 0.6) is 5.75 Å². The van der Waals surface area contributed by atoms with E-state index in [0.29, 0.717) is 13.2 Å². The first-order chi connectivity index (χ1) is 15.7. The molecule has 4 aromatic rings. The summed E-state index contributed by atoms with van der Waals surface area (Å²) in [6.45, 7) is 9.13. The van der Waals surface area contributed by atoms with Crippen LogP contribution in [0.15, 0.2) is 71.7 Å². The number of hydrogen-bond donors (Lipinski definition) is 0. The second-order valence-electron chi connectivity index (χ2n) is 7.33. The number of hydrogen-bond acceptors (Lipinski definition) is 6. The van der Waals surface area contributed by atoms with Crippen molar-refractivity contribution in [2.75, 3.05) is 0 Å². The number of ether oxygens (including phenoxy) is 1. The Hall–Kier alpha value is -2.90. The zero-order valence-electron chi connectivity index (χ0n) is 18.3. The molecule has 4 rings (SSSR count). The molecule has 164 valence electrons. The van der Waals surface area contributed by atoms with Crippen molar-refractivity contribution in [3.63, 3.8) is 0 Å². The van der Waals surface area contributed by atoms with Gasteiger partial charge in [0.25, 0.3) is 0 Å². The first kappa shape index (κ1) is 22.3. The van der Waals surface area contributed by atoms with E-state index in [9.17, 15) is 0 Å². The second kappa shape index (κ2) is 10.6. The predicted molar refractivity (Wildman–Crippen MR) is 132 cm³/mol. The van der Waals surface area contributed by atoms with Gasteiger partial charge >= 0.3 is 0 Å². The highest BCUT2D eigenvalue weighted by atomic mass is 32.2. The average Bonchev–Trinajstić information content (AvgIpc) is 3.44. The van der Waals surface area contributed by atoms with Gasteiger partial charge in [0.2, 0.25) is 0 Å². The van der Waals surface area contributed by atoms with Gasteiger partial charge in [-0.25, -0.2) is 4.98 Å². The zero-order valence-corrected chi connectivity index (χ0v) is 20.0. The summed E-state index contributed by atoms with van der Waals surface area (Å²) in [7, 11) is 0. The lowest BCUT2D eigenvalue weighted by Gasteiger charge is -2.09. The Kier molecular flexibility index (Phi) is 7.39. The van der Waals surface area contributed by atoms with Crippen LogP contribution in [0.1, 0.15) is 29.6 Å². The SMILES string of the molecule is C=CCn1c(COc2ccc(CC)cc2)nnc1SCc1csc(-c2ccccc2C)n1. The van der Waals surface area contributed by atoms with Crippen molar-refractivity contribution in [3.05, 3.63) is 89.2 Å². The van der Waals surface area contributed by atoms with Crippen molar-refractivity contribution in [2.45, 2.75) is 44.3 Å². The quantitative estimate of drug-likeness (QED) is 0.204. The molecule has 0 aliphatic carbocycles. The summed E-state index contributed by atoms with van der Waals surface area (Å²) < 4.78 is 7.99. The number of nitrogens with zero attached hydrogens (tertiary/aromatic N) is 4. The Morgan fingerprint density at radius 1 is 1.12 bits per heavy atom. The molecule has 0 amide bonds. The monoisotopic (exact) mass is 462 g/mol. The Bertz CT molecular complexity index is 1180. The summed E-state index contributed by atoms with van der Waals surface area (Å²) in [4.78, 5) is 4.82. The molecule has 32 heavy (non-hydrogen) atoms. The molecule has 2 aromatic heterocycles. The van der Waals surface area contributed by atoms with Crippen LogP contribution >= 0.6 is 23.1 Å². The Morgan fingerprint density at radius 3 is 2.69 bits per heavy atom. The molecule has 5 nitrogen and oxygen atoms in total. The molecule has 0 spiro atoms. The number of benzene rings is 2. The summed E-state index contributed by atoms with van der Waals surface area (Å²) in [6.07, 6.45) is 2.87. The molecule has 0 aliphatic heterocycles. The average molecular weight is 463 g/mol. The van der Waals surface area contributed by atoms with E-state index in [1.165, 1.54) is 16.7 Å². The molecule has 0 N–H and O–H groups in total. The van der Waals surface area contributed by atoms with Gasteiger partial charge in [0.15, 0.2) is 11.0 Å². The van der Waals surface area contributed by atoms with Gasteiger partial charge in [-0.05, 0) is 36.6 Å². The number of aryl methyl sites for hydroxylation is 2. The van der Waals surface area contributed by atoms with Crippen LogP contribution in [0, 0.1) is 6.92 Å². The van der Waals surface area contributed by atoms with Gasteiger partial charge in [0.1, 0.15) is 17.4 Å². The zero-order chi connectivity index (χ0) is 22.3. The minimum Gasteiger partial charge on any atom is -0.486 e. The third kappa shape index (κ3) is 5.29. The summed E-state index contributed by atoms with van der Waals surface area (Å²) >= 11 is 3.31. The molecule has 0 unspecified atom stereocenters. The van der Waals surface area contributed by atoms with E-state index in [-0.39, 0.29) is 0 Å². The van der Waals surface area contributed by atoms with Crippen molar-refractivity contribution in [1.29, 1.82) is 0 Å². The summed E-state index contributed by atoms with van der Waals surface area (Å²) in [6, 6.07) is 16.5. The lowest BCUT2D eigenvalue weighted by molar-refractivity contribution is 0.289. The van der Waals surface area contributed by atoms with Gasteiger partial charge < -0.3 is 4.74 Å². The Morgan fingerprint density at radius 2 is 1.94 bits per heavy atom. The molecule has 0 saturated heterocycles. The van der Waals surface area contributed by atoms with Crippen molar-refractivity contribution in [1.82, 2.24) is 19.7 Å². The van der Waals surface area contributed by atoms with Crippen LogP contribution in [-0.4, -0.2) is 19.7 Å². The van der Waals surface area contributed by atoms with Gasteiger partial charge in [-0.15, -0.1) is 28.1 Å². The van der Waals surface area contributed by atoms with E-state index in [1.807, 2.05) is 22.8 Å². The maximum absolute atomic E-state index is 5.94. The van der Waals surface area contributed by atoms with E-state index in [2.05, 4.69) is 72.4 Å². The summed E-state index contributed by atoms with van der Waals surface area (Å²) in [5.74, 6) is 2.35. The lowest BCUT2D eigenvalue weighted by Crippen LogP contribution is -2.07. The van der Waals surface area contributed by atoms with Crippen molar-refractivity contribution < 1.29 is 4.74 Å². The molecule has 0 fully saturated rings. The maximum atomic E-state index is 5.94. The summed E-state index contributed by atoms with van der Waals surface area (Å²) in [5, 5.41) is 12.8. The fourth-order valence-electron chi connectivity index (χ4n) is 3.26. The number of aromatic nitrogens is 4. The van der Waals surface area contributed by atoms with E-state index in [0.717, 1.165) is 39.6 Å². The van der Waals surface area contributed by atoms with Crippen LogP contribution in [0.4, 0.5) is 0 Å². The number of thiazole rings is 1. The van der Waals surface area contributed by atoms with E-state index in [1.54, 1.807) is 23.1 Å². The maximum Gasteiger partial charge on any atom is 0.191 e. The fourth-order valence-corrected chi connectivity index (χ4v) is 5.14. The highest BCUT2D eigenvalue weighted by Crippen LogP contribution is 2.29. The minimum absolute atomic E-state index is 0.362. The lowest BCUT2D eigenvalue weighted by atomic mass is 10.1. The molecule has 0 radical (unpaired) electrons. The number of allylic oxidation sites excluding steroid dienone is 1. The molecular formula is C25H26N4OS2. The molecule has 2 aromatic carbocycles. The van der Waals surface area contributed by atoms with E-state index >= 15 is 0 Å². The molecule has 2 heterocycles. The molecule has 0 saturated carbocycles. The van der Waals surface area contributed by atoms with Gasteiger partial charge in [-0.1, -0.05) is 61.2 Å². The van der Waals surface area contributed by atoms with Crippen LogP contribution in [0.2, 0.25) is 0 Å². The fraction of sp³-hybridized carbons (Fsp3) is 0.240. The van der Waals surface area contributed by atoms with Gasteiger partial charge in [-0.2, -0.15) is 0 Å². The highest BCUT2D eigenvalue weighted by molar-refractivity contribution is 7.98. The third-order valence-corrected chi connectivity index (χ3v) is 7.01. The predicted octanol–water partition coefficient (Wildman–Crippen LogP) is 6.33. The first-order valence-corrected chi connectivity index (χ1v) is 12.4. The minimum atomic E-state index is 0.362. The molecule has 0 bridgehead atoms. The second-order valence-corrected chi connectivity index (χ2v) is 9.13. The van der Waals surface area contributed by atoms with E-state index in [4.69, 9.17) is 9.72 Å². The molecule has 0 atom stereocenters. The van der Waals surface area contributed by atoms with Crippen molar-refractivity contribution in [2.24, 2.45) is 0 Å². The third-order valence-electron chi connectivity index (χ3n) is 5.08. The van der Waals surface area contributed by atoms with Crippen LogP contribution < -0.4 is 4.74 Å².